The molecule has 54 valence electrons. The molecule has 0 aromatic carbocycles. The highest BCUT2D eigenvalue weighted by atomic mass is 16.4. The fourth-order valence-electron chi connectivity index (χ4n) is 0.775. The molecule has 1 rings (SSSR count). The zero-order valence-corrected chi connectivity index (χ0v) is 5.98. The first-order chi connectivity index (χ1) is 4.71. The molecule has 1 aliphatic rings. The molecule has 2 heteroatoms. The van der Waals surface area contributed by atoms with Crippen LogP contribution in [0.3, 0.4) is 0 Å². The molecule has 0 bridgehead atoms. The van der Waals surface area contributed by atoms with Gasteiger partial charge in [0.1, 0.15) is 5.41 Å². The van der Waals surface area contributed by atoms with E-state index in [1.807, 2.05) is 6.92 Å². The van der Waals surface area contributed by atoms with Crippen molar-refractivity contribution in [1.82, 2.24) is 0 Å². The first-order valence-corrected chi connectivity index (χ1v) is 3.45. The van der Waals surface area contributed by atoms with Crippen molar-refractivity contribution in [2.24, 2.45) is 5.41 Å². The van der Waals surface area contributed by atoms with Crippen LogP contribution in [0.1, 0.15) is 26.2 Å². The minimum absolute atomic E-state index is 0.643. The lowest BCUT2D eigenvalue weighted by Gasteiger charge is -1.95. The van der Waals surface area contributed by atoms with Crippen molar-refractivity contribution >= 4 is 5.97 Å². The minimum Gasteiger partial charge on any atom is -0.480 e. The summed E-state index contributed by atoms with van der Waals surface area (Å²) in [7, 11) is 0. The Balaban J connectivity index is 2.61. The quantitative estimate of drug-likeness (QED) is 0.554. The highest BCUT2D eigenvalue weighted by Crippen LogP contribution is 2.45. The van der Waals surface area contributed by atoms with Gasteiger partial charge in [0.2, 0.25) is 0 Å². The van der Waals surface area contributed by atoms with Crippen LogP contribution in [0, 0.1) is 17.3 Å². The number of hydrogen-bond donors (Lipinski definition) is 1. The molecule has 10 heavy (non-hydrogen) atoms. The highest BCUT2D eigenvalue weighted by Gasteiger charge is 2.48. The number of hydrogen-bond acceptors (Lipinski definition) is 1. The van der Waals surface area contributed by atoms with Gasteiger partial charge in [-0.25, -0.2) is 0 Å². The summed E-state index contributed by atoms with van der Waals surface area (Å²) in [6.07, 6.45) is 2.21. The normalized spacial score (nSPS) is 18.9. The van der Waals surface area contributed by atoms with E-state index in [9.17, 15) is 4.79 Å². The van der Waals surface area contributed by atoms with Crippen molar-refractivity contribution in [2.45, 2.75) is 26.2 Å². The van der Waals surface area contributed by atoms with Crippen LogP contribution in [-0.4, -0.2) is 11.1 Å². The Bertz CT molecular complexity index is 203. The average Bonchev–Trinajstić information content (AvgIpc) is 2.64. The summed E-state index contributed by atoms with van der Waals surface area (Å²) < 4.78 is 0. The first kappa shape index (κ1) is 7.14. The molecular formula is C8H10O2. The molecule has 0 amide bonds. The summed E-state index contributed by atoms with van der Waals surface area (Å²) in [6.45, 7) is 1.92. The third kappa shape index (κ3) is 1.13. The zero-order chi connectivity index (χ0) is 7.61. The van der Waals surface area contributed by atoms with E-state index in [0.29, 0.717) is 0 Å². The maximum atomic E-state index is 10.5. The Kier molecular flexibility index (Phi) is 1.67. The Hall–Kier alpha value is -0.970. The van der Waals surface area contributed by atoms with Crippen LogP contribution in [0.25, 0.3) is 0 Å². The summed E-state index contributed by atoms with van der Waals surface area (Å²) in [6, 6.07) is 0. The van der Waals surface area contributed by atoms with Gasteiger partial charge in [0, 0.05) is 6.42 Å². The van der Waals surface area contributed by atoms with Gasteiger partial charge >= 0.3 is 5.97 Å². The van der Waals surface area contributed by atoms with E-state index in [-0.39, 0.29) is 0 Å². The van der Waals surface area contributed by atoms with Crippen molar-refractivity contribution < 1.29 is 9.90 Å². The molecule has 0 heterocycles. The Labute approximate surface area is 60.2 Å². The van der Waals surface area contributed by atoms with Gasteiger partial charge in [-0.1, -0.05) is 12.8 Å². The van der Waals surface area contributed by atoms with Gasteiger partial charge in [0.05, 0.1) is 0 Å². The average molecular weight is 138 g/mol. The topological polar surface area (TPSA) is 37.3 Å². The largest absolute Gasteiger partial charge is 0.480 e. The van der Waals surface area contributed by atoms with E-state index in [1.165, 1.54) is 0 Å². The van der Waals surface area contributed by atoms with E-state index < -0.39 is 11.4 Å². The summed E-state index contributed by atoms with van der Waals surface area (Å²) in [5.74, 6) is 4.82. The third-order valence-corrected chi connectivity index (χ3v) is 1.66. The van der Waals surface area contributed by atoms with Gasteiger partial charge in [-0.15, -0.1) is 5.92 Å². The summed E-state index contributed by atoms with van der Waals surface area (Å²) in [5.41, 5.74) is -0.643. The molecule has 1 N–H and O–H groups in total. The van der Waals surface area contributed by atoms with Crippen molar-refractivity contribution in [3.05, 3.63) is 0 Å². The molecule has 1 fully saturated rings. The first-order valence-electron chi connectivity index (χ1n) is 3.45. The van der Waals surface area contributed by atoms with Gasteiger partial charge in [0.25, 0.3) is 0 Å². The molecule has 2 nitrogen and oxygen atoms in total. The standard InChI is InChI=1S/C8H10O2/c1-2-3-4-8(5-6-8)7(9)10/h2,5-6H2,1H3,(H,9,10). The number of carboxylic acids is 1. The second-order valence-corrected chi connectivity index (χ2v) is 2.54. The van der Waals surface area contributed by atoms with Crippen LogP contribution in [0.2, 0.25) is 0 Å². The fourth-order valence-corrected chi connectivity index (χ4v) is 0.775. The van der Waals surface area contributed by atoms with Crippen LogP contribution in [0.4, 0.5) is 0 Å². The maximum Gasteiger partial charge on any atom is 0.321 e. The van der Waals surface area contributed by atoms with Crippen molar-refractivity contribution in [2.75, 3.05) is 0 Å². The highest BCUT2D eigenvalue weighted by molar-refractivity contribution is 5.81. The monoisotopic (exact) mass is 138 g/mol. The second kappa shape index (κ2) is 2.34. The molecular weight excluding hydrogens is 128 g/mol. The molecule has 0 atom stereocenters. The maximum absolute atomic E-state index is 10.5. The van der Waals surface area contributed by atoms with Gasteiger partial charge in [-0.3, -0.25) is 4.79 Å². The fraction of sp³-hybridized carbons (Fsp3) is 0.625. The van der Waals surface area contributed by atoms with E-state index in [2.05, 4.69) is 11.8 Å². The number of carbonyl (C=O) groups is 1. The van der Waals surface area contributed by atoms with E-state index in [4.69, 9.17) is 5.11 Å². The van der Waals surface area contributed by atoms with Crippen LogP contribution in [0.15, 0.2) is 0 Å². The number of carboxylic acid groups (broad SMARTS) is 1. The minimum atomic E-state index is -0.756. The van der Waals surface area contributed by atoms with Crippen molar-refractivity contribution in [3.63, 3.8) is 0 Å². The second-order valence-electron chi connectivity index (χ2n) is 2.54. The lowest BCUT2D eigenvalue weighted by Crippen LogP contribution is -2.11. The van der Waals surface area contributed by atoms with Gasteiger partial charge < -0.3 is 5.11 Å². The predicted molar refractivity (Wildman–Crippen MR) is 37.4 cm³/mol. The number of rotatable bonds is 1. The predicted octanol–water partition coefficient (Wildman–Crippen LogP) is 1.26. The molecule has 0 aromatic rings. The Morgan fingerprint density at radius 2 is 2.30 bits per heavy atom. The third-order valence-electron chi connectivity index (χ3n) is 1.66. The molecule has 0 unspecified atom stereocenters. The van der Waals surface area contributed by atoms with Crippen LogP contribution < -0.4 is 0 Å². The van der Waals surface area contributed by atoms with E-state index in [1.54, 1.807) is 0 Å². The van der Waals surface area contributed by atoms with Crippen LogP contribution in [0.5, 0.6) is 0 Å². The molecule has 0 spiro atoms. The molecule has 0 saturated heterocycles. The van der Waals surface area contributed by atoms with Crippen molar-refractivity contribution in [1.29, 1.82) is 0 Å². The summed E-state index contributed by atoms with van der Waals surface area (Å²) in [5, 5.41) is 8.63. The molecule has 1 saturated carbocycles. The molecule has 0 aliphatic heterocycles. The Morgan fingerprint density at radius 3 is 2.60 bits per heavy atom. The summed E-state index contributed by atoms with van der Waals surface area (Å²) in [4.78, 5) is 10.5. The lowest BCUT2D eigenvalue weighted by atomic mass is 10.1. The number of aliphatic carboxylic acids is 1. The van der Waals surface area contributed by atoms with Gasteiger partial charge in [-0.2, -0.15) is 0 Å². The molecule has 0 aromatic heterocycles. The van der Waals surface area contributed by atoms with Gasteiger partial charge in [-0.05, 0) is 12.8 Å². The SMILES string of the molecule is CCC#CC1(C(=O)O)CC1. The van der Waals surface area contributed by atoms with Crippen molar-refractivity contribution in [3.8, 4) is 11.8 Å². The van der Waals surface area contributed by atoms with E-state index >= 15 is 0 Å². The van der Waals surface area contributed by atoms with Gasteiger partial charge in [0.15, 0.2) is 0 Å². The molecule has 0 radical (unpaired) electrons. The molecule has 1 aliphatic carbocycles. The van der Waals surface area contributed by atoms with Crippen LogP contribution >= 0.6 is 0 Å². The Morgan fingerprint density at radius 1 is 1.70 bits per heavy atom. The smallest absolute Gasteiger partial charge is 0.321 e. The van der Waals surface area contributed by atoms with Crippen LogP contribution in [-0.2, 0) is 4.79 Å². The summed E-state index contributed by atoms with van der Waals surface area (Å²) >= 11 is 0. The lowest BCUT2D eigenvalue weighted by molar-refractivity contribution is -0.141. The zero-order valence-electron chi connectivity index (χ0n) is 5.98. The van der Waals surface area contributed by atoms with E-state index in [0.717, 1.165) is 19.3 Å².